The standard InChI is InChI=1S/C15H16ClNO3/c16-11-4-5-12-10(8-11)9-13(20-15(12)19)14(18)17-6-2-1-3-7-17/h4-5,8,13H,1-3,6-7,9H2. The van der Waals surface area contributed by atoms with E-state index in [0.717, 1.165) is 37.9 Å². The number of carbonyl (C=O) groups is 2. The second-order valence-corrected chi connectivity index (χ2v) is 5.72. The Morgan fingerprint density at radius 3 is 2.75 bits per heavy atom. The summed E-state index contributed by atoms with van der Waals surface area (Å²) in [4.78, 5) is 26.2. The number of esters is 1. The molecule has 0 spiro atoms. The first-order chi connectivity index (χ1) is 9.65. The molecule has 5 heteroatoms. The summed E-state index contributed by atoms with van der Waals surface area (Å²) in [5.74, 6) is -0.512. The van der Waals surface area contributed by atoms with Crippen molar-refractivity contribution >= 4 is 23.5 Å². The molecule has 1 fully saturated rings. The number of carbonyl (C=O) groups excluding carboxylic acids is 2. The molecule has 2 aliphatic heterocycles. The Balaban J connectivity index is 1.80. The first-order valence-corrected chi connectivity index (χ1v) is 7.31. The van der Waals surface area contributed by atoms with Gasteiger partial charge < -0.3 is 9.64 Å². The van der Waals surface area contributed by atoms with Crippen LogP contribution < -0.4 is 0 Å². The highest BCUT2D eigenvalue weighted by Gasteiger charge is 2.34. The molecule has 106 valence electrons. The van der Waals surface area contributed by atoms with Gasteiger partial charge in [0.2, 0.25) is 0 Å². The number of ether oxygens (including phenoxy) is 1. The third kappa shape index (κ3) is 2.52. The molecular formula is C15H16ClNO3. The first kappa shape index (κ1) is 13.4. The van der Waals surface area contributed by atoms with Gasteiger partial charge in [0.1, 0.15) is 0 Å². The minimum Gasteiger partial charge on any atom is -0.448 e. The number of hydrogen-bond acceptors (Lipinski definition) is 3. The van der Waals surface area contributed by atoms with E-state index in [1.54, 1.807) is 23.1 Å². The van der Waals surface area contributed by atoms with Gasteiger partial charge in [0, 0.05) is 24.5 Å². The molecule has 1 aromatic carbocycles. The van der Waals surface area contributed by atoms with Crippen LogP contribution in [0.4, 0.5) is 0 Å². The van der Waals surface area contributed by atoms with Crippen LogP contribution in [-0.4, -0.2) is 36.0 Å². The van der Waals surface area contributed by atoms with Crippen LogP contribution in [0.1, 0.15) is 35.2 Å². The molecule has 4 nitrogen and oxygen atoms in total. The van der Waals surface area contributed by atoms with E-state index < -0.39 is 12.1 Å². The van der Waals surface area contributed by atoms with Crippen molar-refractivity contribution in [2.75, 3.05) is 13.1 Å². The minimum absolute atomic E-state index is 0.0799. The predicted octanol–water partition coefficient (Wildman–Crippen LogP) is 2.43. The summed E-state index contributed by atoms with van der Waals surface area (Å²) in [5.41, 5.74) is 1.31. The maximum atomic E-state index is 12.4. The van der Waals surface area contributed by atoms with Gasteiger partial charge in [0.25, 0.3) is 5.91 Å². The Morgan fingerprint density at radius 1 is 1.25 bits per heavy atom. The van der Waals surface area contributed by atoms with Gasteiger partial charge in [-0.2, -0.15) is 0 Å². The summed E-state index contributed by atoms with van der Waals surface area (Å²) in [6.45, 7) is 1.52. The van der Waals surface area contributed by atoms with E-state index in [0.29, 0.717) is 17.0 Å². The zero-order valence-corrected chi connectivity index (χ0v) is 11.9. The Hall–Kier alpha value is -1.55. The van der Waals surface area contributed by atoms with Crippen LogP contribution in [0.3, 0.4) is 0 Å². The van der Waals surface area contributed by atoms with Gasteiger partial charge in [-0.3, -0.25) is 4.79 Å². The van der Waals surface area contributed by atoms with Crippen molar-refractivity contribution in [1.82, 2.24) is 4.90 Å². The second kappa shape index (κ2) is 5.44. The lowest BCUT2D eigenvalue weighted by molar-refractivity contribution is -0.142. The van der Waals surface area contributed by atoms with E-state index in [2.05, 4.69) is 0 Å². The Morgan fingerprint density at radius 2 is 2.00 bits per heavy atom. The van der Waals surface area contributed by atoms with Gasteiger partial charge in [-0.05, 0) is 43.0 Å². The molecule has 2 heterocycles. The quantitative estimate of drug-likeness (QED) is 0.747. The monoisotopic (exact) mass is 293 g/mol. The smallest absolute Gasteiger partial charge is 0.339 e. The van der Waals surface area contributed by atoms with E-state index in [1.807, 2.05) is 0 Å². The number of halogens is 1. The van der Waals surface area contributed by atoms with Crippen molar-refractivity contribution in [3.05, 3.63) is 34.3 Å². The van der Waals surface area contributed by atoms with Crippen LogP contribution in [0.2, 0.25) is 5.02 Å². The Bertz CT molecular complexity index is 552. The normalized spacial score (nSPS) is 22.1. The zero-order valence-electron chi connectivity index (χ0n) is 11.1. The Kier molecular flexibility index (Phi) is 3.66. The molecular weight excluding hydrogens is 278 g/mol. The lowest BCUT2D eigenvalue weighted by atomic mass is 9.97. The van der Waals surface area contributed by atoms with Gasteiger partial charge in [0.05, 0.1) is 5.56 Å². The number of fused-ring (bicyclic) bond motifs is 1. The van der Waals surface area contributed by atoms with Gasteiger partial charge in [-0.15, -0.1) is 0 Å². The fourth-order valence-corrected chi connectivity index (χ4v) is 3.01. The summed E-state index contributed by atoms with van der Waals surface area (Å²) in [6, 6.07) is 5.06. The van der Waals surface area contributed by atoms with Gasteiger partial charge >= 0.3 is 5.97 Å². The van der Waals surface area contributed by atoms with E-state index in [4.69, 9.17) is 16.3 Å². The third-order valence-corrected chi connectivity index (χ3v) is 4.12. The summed E-state index contributed by atoms with van der Waals surface area (Å²) >= 11 is 5.95. The summed E-state index contributed by atoms with van der Waals surface area (Å²) in [6.07, 6.45) is 2.92. The fraction of sp³-hybridized carbons (Fsp3) is 0.467. The minimum atomic E-state index is -0.702. The van der Waals surface area contributed by atoms with E-state index in [9.17, 15) is 9.59 Å². The number of hydrogen-bond donors (Lipinski definition) is 0. The average Bonchev–Trinajstić information content (AvgIpc) is 2.46. The second-order valence-electron chi connectivity index (χ2n) is 5.29. The number of cyclic esters (lactones) is 1. The van der Waals surface area contributed by atoms with E-state index >= 15 is 0 Å². The topological polar surface area (TPSA) is 46.6 Å². The van der Waals surface area contributed by atoms with Gasteiger partial charge in [-0.1, -0.05) is 11.6 Å². The lowest BCUT2D eigenvalue weighted by Crippen LogP contribution is -2.46. The molecule has 0 saturated carbocycles. The molecule has 1 amide bonds. The molecule has 0 aromatic heterocycles. The Labute approximate surface area is 122 Å². The molecule has 1 aromatic rings. The highest BCUT2D eigenvalue weighted by atomic mass is 35.5. The molecule has 0 bridgehead atoms. The maximum absolute atomic E-state index is 12.4. The zero-order chi connectivity index (χ0) is 14.1. The van der Waals surface area contributed by atoms with Crippen molar-refractivity contribution in [2.45, 2.75) is 31.8 Å². The number of amides is 1. The average molecular weight is 294 g/mol. The van der Waals surface area contributed by atoms with Gasteiger partial charge in [-0.25, -0.2) is 4.79 Å². The summed E-state index contributed by atoms with van der Waals surface area (Å²) in [5, 5.41) is 0.572. The highest BCUT2D eigenvalue weighted by Crippen LogP contribution is 2.25. The van der Waals surface area contributed by atoms with Crippen molar-refractivity contribution in [1.29, 1.82) is 0 Å². The molecule has 3 rings (SSSR count). The third-order valence-electron chi connectivity index (χ3n) is 3.88. The number of rotatable bonds is 1. The van der Waals surface area contributed by atoms with Crippen LogP contribution in [0.15, 0.2) is 18.2 Å². The van der Waals surface area contributed by atoms with E-state index in [-0.39, 0.29) is 5.91 Å². The SMILES string of the molecule is O=C1OC(C(=O)N2CCCCC2)Cc2cc(Cl)ccc21. The maximum Gasteiger partial charge on any atom is 0.339 e. The molecule has 20 heavy (non-hydrogen) atoms. The largest absolute Gasteiger partial charge is 0.448 e. The fourth-order valence-electron chi connectivity index (χ4n) is 2.82. The number of likely N-dealkylation sites (tertiary alicyclic amines) is 1. The molecule has 1 unspecified atom stereocenters. The number of piperidine rings is 1. The lowest BCUT2D eigenvalue weighted by Gasteiger charge is -2.32. The van der Waals surface area contributed by atoms with Crippen LogP contribution in [-0.2, 0) is 16.0 Å². The highest BCUT2D eigenvalue weighted by molar-refractivity contribution is 6.30. The first-order valence-electron chi connectivity index (χ1n) is 6.93. The molecule has 2 aliphatic rings. The van der Waals surface area contributed by atoms with Crippen molar-refractivity contribution < 1.29 is 14.3 Å². The number of benzene rings is 1. The molecule has 1 saturated heterocycles. The van der Waals surface area contributed by atoms with E-state index in [1.165, 1.54) is 0 Å². The molecule has 0 radical (unpaired) electrons. The van der Waals surface area contributed by atoms with Crippen LogP contribution >= 0.6 is 11.6 Å². The van der Waals surface area contributed by atoms with Crippen LogP contribution in [0.25, 0.3) is 0 Å². The van der Waals surface area contributed by atoms with Crippen molar-refractivity contribution in [3.8, 4) is 0 Å². The summed E-state index contributed by atoms with van der Waals surface area (Å²) < 4.78 is 5.29. The summed E-state index contributed by atoms with van der Waals surface area (Å²) in [7, 11) is 0. The van der Waals surface area contributed by atoms with Crippen LogP contribution in [0.5, 0.6) is 0 Å². The van der Waals surface area contributed by atoms with Gasteiger partial charge in [0.15, 0.2) is 6.10 Å². The molecule has 1 atom stereocenters. The van der Waals surface area contributed by atoms with Crippen molar-refractivity contribution in [2.24, 2.45) is 0 Å². The number of nitrogens with zero attached hydrogens (tertiary/aromatic N) is 1. The predicted molar refractivity (Wildman–Crippen MR) is 74.8 cm³/mol. The van der Waals surface area contributed by atoms with Crippen LogP contribution in [0, 0.1) is 0 Å². The molecule has 0 aliphatic carbocycles. The van der Waals surface area contributed by atoms with Crippen molar-refractivity contribution in [3.63, 3.8) is 0 Å². The molecule has 0 N–H and O–H groups in total.